The van der Waals surface area contributed by atoms with Crippen LogP contribution in [0.5, 0.6) is 5.75 Å². The molecule has 2 aromatic carbocycles. The predicted octanol–water partition coefficient (Wildman–Crippen LogP) is 4.53. The van der Waals surface area contributed by atoms with Gasteiger partial charge in [-0.25, -0.2) is 0 Å². The Balaban J connectivity index is 2.08. The van der Waals surface area contributed by atoms with E-state index >= 15 is 0 Å². The van der Waals surface area contributed by atoms with Gasteiger partial charge in [-0.15, -0.1) is 0 Å². The molecule has 0 bridgehead atoms. The molecule has 0 heterocycles. The molecule has 2 aromatic rings. The number of carbonyl (C=O) groups is 1. The third-order valence-corrected chi connectivity index (χ3v) is 3.98. The molecule has 3 nitrogen and oxygen atoms in total. The van der Waals surface area contributed by atoms with Gasteiger partial charge >= 0.3 is 0 Å². The monoisotopic (exact) mass is 311 g/mol. The van der Waals surface area contributed by atoms with Crippen LogP contribution in [0.3, 0.4) is 0 Å². The van der Waals surface area contributed by atoms with E-state index in [2.05, 4.69) is 25.2 Å². The molecule has 1 N–H and O–H groups in total. The Hall–Kier alpha value is -2.29. The molecule has 0 aliphatic rings. The van der Waals surface area contributed by atoms with Crippen molar-refractivity contribution >= 4 is 11.6 Å². The maximum Gasteiger partial charge on any atom is 0.265 e. The average molecular weight is 311 g/mol. The van der Waals surface area contributed by atoms with Crippen LogP contribution in [0.2, 0.25) is 0 Å². The number of amides is 1. The zero-order chi connectivity index (χ0) is 16.8. The molecule has 1 atom stereocenters. The van der Waals surface area contributed by atoms with E-state index < -0.39 is 6.10 Å². The van der Waals surface area contributed by atoms with Crippen LogP contribution in [-0.2, 0) is 17.6 Å². The average Bonchev–Trinajstić information content (AvgIpc) is 2.56. The van der Waals surface area contributed by atoms with Crippen molar-refractivity contribution in [3.63, 3.8) is 0 Å². The van der Waals surface area contributed by atoms with E-state index in [4.69, 9.17) is 4.74 Å². The Morgan fingerprint density at radius 2 is 1.87 bits per heavy atom. The third-order valence-electron chi connectivity index (χ3n) is 3.98. The minimum Gasteiger partial charge on any atom is -0.481 e. The van der Waals surface area contributed by atoms with Crippen LogP contribution in [0.25, 0.3) is 0 Å². The fourth-order valence-electron chi connectivity index (χ4n) is 2.52. The van der Waals surface area contributed by atoms with Crippen LogP contribution in [0.4, 0.5) is 5.69 Å². The van der Waals surface area contributed by atoms with Crippen molar-refractivity contribution in [2.75, 3.05) is 5.32 Å². The molecule has 1 amide bonds. The number of carbonyl (C=O) groups excluding carboxylic acids is 1. The van der Waals surface area contributed by atoms with Crippen molar-refractivity contribution in [2.24, 2.45) is 0 Å². The molecule has 0 aliphatic carbocycles. The van der Waals surface area contributed by atoms with Gasteiger partial charge in [0.05, 0.1) is 0 Å². The van der Waals surface area contributed by atoms with Gasteiger partial charge < -0.3 is 10.1 Å². The van der Waals surface area contributed by atoms with Crippen molar-refractivity contribution in [3.05, 3.63) is 59.2 Å². The molecule has 0 saturated heterocycles. The Morgan fingerprint density at radius 1 is 1.13 bits per heavy atom. The molecule has 1 unspecified atom stereocenters. The number of ether oxygens (including phenoxy) is 1. The van der Waals surface area contributed by atoms with Gasteiger partial charge in [-0.05, 0) is 55.5 Å². The summed E-state index contributed by atoms with van der Waals surface area (Å²) in [6.07, 6.45) is 1.28. The van der Waals surface area contributed by atoms with Crippen molar-refractivity contribution < 1.29 is 9.53 Å². The van der Waals surface area contributed by atoms with Crippen LogP contribution >= 0.6 is 0 Å². The SMILES string of the molecule is CCc1cccc(OC(C)C(=O)Nc2c(C)cccc2CC)c1. The van der Waals surface area contributed by atoms with Gasteiger partial charge in [-0.3, -0.25) is 4.79 Å². The second-order valence-corrected chi connectivity index (χ2v) is 5.71. The summed E-state index contributed by atoms with van der Waals surface area (Å²) in [6.45, 7) is 7.96. The summed E-state index contributed by atoms with van der Waals surface area (Å²) in [5.74, 6) is 0.600. The number of para-hydroxylation sites is 1. The standard InChI is InChI=1S/C20H25NO2/c1-5-16-10-8-12-18(13-16)23-15(4)20(22)21-19-14(3)9-7-11-17(19)6-2/h7-13,15H,5-6H2,1-4H3,(H,21,22). The highest BCUT2D eigenvalue weighted by atomic mass is 16.5. The third kappa shape index (κ3) is 4.35. The molecular weight excluding hydrogens is 286 g/mol. The lowest BCUT2D eigenvalue weighted by Crippen LogP contribution is -2.30. The number of aryl methyl sites for hydroxylation is 3. The van der Waals surface area contributed by atoms with Crippen molar-refractivity contribution in [3.8, 4) is 5.75 Å². The van der Waals surface area contributed by atoms with E-state index in [1.165, 1.54) is 5.56 Å². The van der Waals surface area contributed by atoms with Gasteiger partial charge in [0.25, 0.3) is 5.91 Å². The minimum atomic E-state index is -0.550. The number of anilines is 1. The summed E-state index contributed by atoms with van der Waals surface area (Å²) in [5, 5.41) is 3.01. The number of nitrogens with one attached hydrogen (secondary N) is 1. The first-order chi connectivity index (χ1) is 11.0. The first-order valence-corrected chi connectivity index (χ1v) is 8.20. The molecule has 23 heavy (non-hydrogen) atoms. The molecule has 0 aliphatic heterocycles. The molecule has 0 saturated carbocycles. The van der Waals surface area contributed by atoms with Gasteiger partial charge in [0.15, 0.2) is 6.10 Å². The topological polar surface area (TPSA) is 38.3 Å². The van der Waals surface area contributed by atoms with Gasteiger partial charge in [0, 0.05) is 5.69 Å². The molecule has 0 aromatic heterocycles. The quantitative estimate of drug-likeness (QED) is 0.851. The largest absolute Gasteiger partial charge is 0.481 e. The first kappa shape index (κ1) is 17.1. The normalized spacial score (nSPS) is 11.8. The Bertz CT molecular complexity index is 679. The maximum atomic E-state index is 12.5. The molecule has 0 radical (unpaired) electrons. The summed E-state index contributed by atoms with van der Waals surface area (Å²) in [7, 11) is 0. The number of benzene rings is 2. The lowest BCUT2D eigenvalue weighted by Gasteiger charge is -2.18. The van der Waals surface area contributed by atoms with Crippen molar-refractivity contribution in [1.82, 2.24) is 0 Å². The number of rotatable bonds is 6. The van der Waals surface area contributed by atoms with E-state index in [1.807, 2.05) is 43.3 Å². The molecule has 0 spiro atoms. The highest BCUT2D eigenvalue weighted by Gasteiger charge is 2.17. The smallest absolute Gasteiger partial charge is 0.265 e. The summed E-state index contributed by atoms with van der Waals surface area (Å²) in [4.78, 5) is 12.5. The van der Waals surface area contributed by atoms with Crippen LogP contribution < -0.4 is 10.1 Å². The van der Waals surface area contributed by atoms with Gasteiger partial charge in [0.2, 0.25) is 0 Å². The van der Waals surface area contributed by atoms with Crippen molar-refractivity contribution in [2.45, 2.75) is 46.6 Å². The molecular formula is C20H25NO2. The van der Waals surface area contributed by atoms with Crippen LogP contribution in [-0.4, -0.2) is 12.0 Å². The van der Waals surface area contributed by atoms with Crippen LogP contribution in [0.1, 0.15) is 37.5 Å². The lowest BCUT2D eigenvalue weighted by atomic mass is 10.1. The fourth-order valence-corrected chi connectivity index (χ4v) is 2.52. The minimum absolute atomic E-state index is 0.129. The Labute approximate surface area is 138 Å². The van der Waals surface area contributed by atoms with E-state index in [9.17, 15) is 4.79 Å². The number of hydrogen-bond acceptors (Lipinski definition) is 2. The Morgan fingerprint density at radius 3 is 2.57 bits per heavy atom. The van der Waals surface area contributed by atoms with Gasteiger partial charge in [-0.2, -0.15) is 0 Å². The van der Waals surface area contributed by atoms with E-state index in [0.29, 0.717) is 0 Å². The second-order valence-electron chi connectivity index (χ2n) is 5.71. The van der Waals surface area contributed by atoms with Crippen LogP contribution in [0.15, 0.2) is 42.5 Å². The summed E-state index contributed by atoms with van der Waals surface area (Å²) >= 11 is 0. The van der Waals surface area contributed by atoms with E-state index in [-0.39, 0.29) is 5.91 Å². The highest BCUT2D eigenvalue weighted by molar-refractivity contribution is 5.95. The number of hydrogen-bond donors (Lipinski definition) is 1. The lowest BCUT2D eigenvalue weighted by molar-refractivity contribution is -0.122. The zero-order valence-corrected chi connectivity index (χ0v) is 14.3. The molecule has 0 fully saturated rings. The van der Waals surface area contributed by atoms with Crippen LogP contribution in [0, 0.1) is 6.92 Å². The first-order valence-electron chi connectivity index (χ1n) is 8.20. The van der Waals surface area contributed by atoms with Gasteiger partial charge in [0.1, 0.15) is 5.75 Å². The zero-order valence-electron chi connectivity index (χ0n) is 14.3. The predicted molar refractivity (Wildman–Crippen MR) is 95.1 cm³/mol. The maximum absolute atomic E-state index is 12.5. The molecule has 122 valence electrons. The van der Waals surface area contributed by atoms with E-state index in [1.54, 1.807) is 6.92 Å². The summed E-state index contributed by atoms with van der Waals surface area (Å²) in [6, 6.07) is 13.9. The summed E-state index contributed by atoms with van der Waals surface area (Å²) in [5.41, 5.74) is 4.30. The molecule has 2 rings (SSSR count). The van der Waals surface area contributed by atoms with Gasteiger partial charge in [-0.1, -0.05) is 44.2 Å². The summed E-state index contributed by atoms with van der Waals surface area (Å²) < 4.78 is 5.79. The van der Waals surface area contributed by atoms with E-state index in [0.717, 1.165) is 35.4 Å². The second kappa shape index (κ2) is 7.82. The Kier molecular flexibility index (Phi) is 5.80. The fraction of sp³-hybridized carbons (Fsp3) is 0.350. The molecule has 3 heteroatoms. The highest BCUT2D eigenvalue weighted by Crippen LogP contribution is 2.22. The van der Waals surface area contributed by atoms with Crippen molar-refractivity contribution in [1.29, 1.82) is 0 Å².